The van der Waals surface area contributed by atoms with Gasteiger partial charge in [-0.05, 0) is 62.9 Å². The lowest BCUT2D eigenvalue weighted by molar-refractivity contribution is 0.0716. The Morgan fingerprint density at radius 3 is 2.71 bits per heavy atom. The van der Waals surface area contributed by atoms with Crippen LogP contribution in [0.5, 0.6) is 0 Å². The Kier molecular flexibility index (Phi) is 6.24. The minimum atomic E-state index is 0.163. The molecule has 21 heavy (non-hydrogen) atoms. The Morgan fingerprint density at radius 1 is 1.38 bits per heavy atom. The van der Waals surface area contributed by atoms with Crippen LogP contribution in [-0.4, -0.2) is 37.0 Å². The van der Waals surface area contributed by atoms with Gasteiger partial charge in [0.15, 0.2) is 0 Å². The summed E-state index contributed by atoms with van der Waals surface area (Å²) < 4.78 is 1.01. The molecule has 1 aromatic carbocycles. The molecule has 1 heterocycles. The maximum atomic E-state index is 12.8. The molecule has 0 aliphatic carbocycles. The van der Waals surface area contributed by atoms with E-state index in [2.05, 4.69) is 28.2 Å². The predicted octanol–water partition coefficient (Wildman–Crippen LogP) is 3.61. The Balaban J connectivity index is 2.08. The summed E-state index contributed by atoms with van der Waals surface area (Å²) in [5.41, 5.74) is 1.95. The number of hydrogen-bond donors (Lipinski definition) is 1. The monoisotopic (exact) mass is 352 g/mol. The van der Waals surface area contributed by atoms with Crippen molar-refractivity contribution in [2.75, 3.05) is 26.2 Å². The van der Waals surface area contributed by atoms with Gasteiger partial charge in [-0.3, -0.25) is 4.79 Å². The topological polar surface area (TPSA) is 32.3 Å². The van der Waals surface area contributed by atoms with Crippen molar-refractivity contribution in [2.45, 2.75) is 33.1 Å². The van der Waals surface area contributed by atoms with Crippen LogP contribution in [0.25, 0.3) is 0 Å². The van der Waals surface area contributed by atoms with Crippen LogP contribution < -0.4 is 5.32 Å². The fourth-order valence-electron chi connectivity index (χ4n) is 2.83. The van der Waals surface area contributed by atoms with Gasteiger partial charge < -0.3 is 10.2 Å². The van der Waals surface area contributed by atoms with Crippen LogP contribution in [0, 0.1) is 12.8 Å². The van der Waals surface area contributed by atoms with Gasteiger partial charge in [-0.25, -0.2) is 0 Å². The van der Waals surface area contributed by atoms with E-state index in [4.69, 9.17) is 0 Å². The molecule has 1 amide bonds. The summed E-state index contributed by atoms with van der Waals surface area (Å²) >= 11 is 3.52. The molecule has 3 nitrogen and oxygen atoms in total. The molecular weight excluding hydrogens is 328 g/mol. The maximum Gasteiger partial charge on any atom is 0.253 e. The summed E-state index contributed by atoms with van der Waals surface area (Å²) in [4.78, 5) is 14.8. The molecule has 0 radical (unpaired) electrons. The first-order valence-electron chi connectivity index (χ1n) is 7.88. The van der Waals surface area contributed by atoms with E-state index >= 15 is 0 Å². The number of nitrogens with one attached hydrogen (secondary N) is 1. The van der Waals surface area contributed by atoms with Crippen molar-refractivity contribution in [1.82, 2.24) is 10.2 Å². The molecule has 4 heteroatoms. The number of rotatable bonds is 5. The molecule has 0 atom stereocenters. The summed E-state index contributed by atoms with van der Waals surface area (Å²) in [6.07, 6.45) is 3.35. The lowest BCUT2D eigenvalue weighted by Crippen LogP contribution is -2.39. The van der Waals surface area contributed by atoms with Gasteiger partial charge in [0.1, 0.15) is 0 Å². The highest BCUT2D eigenvalue weighted by Gasteiger charge is 2.21. The summed E-state index contributed by atoms with van der Waals surface area (Å²) in [5, 5.41) is 3.38. The zero-order valence-electron chi connectivity index (χ0n) is 13.0. The fourth-order valence-corrected chi connectivity index (χ4v) is 3.21. The largest absolute Gasteiger partial charge is 0.338 e. The third-order valence-corrected chi connectivity index (χ3v) is 4.99. The molecule has 0 unspecified atom stereocenters. The van der Waals surface area contributed by atoms with E-state index in [1.807, 2.05) is 30.0 Å². The highest BCUT2D eigenvalue weighted by Crippen LogP contribution is 2.20. The van der Waals surface area contributed by atoms with Crippen LogP contribution >= 0.6 is 15.9 Å². The molecule has 0 aromatic heterocycles. The summed E-state index contributed by atoms with van der Waals surface area (Å²) in [6.45, 7) is 8.06. The molecule has 1 N–H and O–H groups in total. The predicted molar refractivity (Wildman–Crippen MR) is 90.7 cm³/mol. The Labute approximate surface area is 136 Å². The highest BCUT2D eigenvalue weighted by molar-refractivity contribution is 9.10. The minimum absolute atomic E-state index is 0.163. The van der Waals surface area contributed by atoms with Crippen LogP contribution in [0.1, 0.15) is 42.1 Å². The second kappa shape index (κ2) is 7.95. The second-order valence-electron chi connectivity index (χ2n) is 5.91. The van der Waals surface area contributed by atoms with E-state index in [9.17, 15) is 4.79 Å². The molecule has 1 saturated heterocycles. The summed E-state index contributed by atoms with van der Waals surface area (Å²) in [6, 6.07) is 5.89. The molecule has 1 fully saturated rings. The van der Waals surface area contributed by atoms with Gasteiger partial charge in [-0.2, -0.15) is 0 Å². The maximum absolute atomic E-state index is 12.8. The highest BCUT2D eigenvalue weighted by atomic mass is 79.9. The van der Waals surface area contributed by atoms with Crippen molar-refractivity contribution >= 4 is 21.8 Å². The molecule has 1 aliphatic heterocycles. The van der Waals surface area contributed by atoms with Crippen LogP contribution in [-0.2, 0) is 0 Å². The van der Waals surface area contributed by atoms with Gasteiger partial charge in [0, 0.05) is 23.1 Å². The Bertz CT molecular complexity index is 484. The number of amides is 1. The van der Waals surface area contributed by atoms with Gasteiger partial charge in [0.05, 0.1) is 0 Å². The zero-order valence-corrected chi connectivity index (χ0v) is 14.6. The zero-order chi connectivity index (χ0) is 15.2. The standard InChI is InChI=1S/C17H25BrN2O/c1-3-10-20(12-14-6-8-19-9-7-14)17(21)15-5-4-13(2)16(18)11-15/h4-5,11,14,19H,3,6-10,12H2,1-2H3. The van der Waals surface area contributed by atoms with Gasteiger partial charge in [-0.1, -0.05) is 28.9 Å². The first-order chi connectivity index (χ1) is 10.1. The quantitative estimate of drug-likeness (QED) is 0.877. The van der Waals surface area contributed by atoms with Crippen molar-refractivity contribution in [1.29, 1.82) is 0 Å². The number of aryl methyl sites for hydroxylation is 1. The van der Waals surface area contributed by atoms with Crippen molar-refractivity contribution in [3.8, 4) is 0 Å². The van der Waals surface area contributed by atoms with Crippen LogP contribution in [0.2, 0.25) is 0 Å². The van der Waals surface area contributed by atoms with E-state index in [0.717, 1.165) is 48.2 Å². The fraction of sp³-hybridized carbons (Fsp3) is 0.588. The summed E-state index contributed by atoms with van der Waals surface area (Å²) in [7, 11) is 0. The smallest absolute Gasteiger partial charge is 0.253 e. The van der Waals surface area contributed by atoms with Gasteiger partial charge in [0.25, 0.3) is 5.91 Å². The third-order valence-electron chi connectivity index (χ3n) is 4.14. The first kappa shape index (κ1) is 16.5. The van der Waals surface area contributed by atoms with Crippen LogP contribution in [0.15, 0.2) is 22.7 Å². The molecule has 0 saturated carbocycles. The van der Waals surface area contributed by atoms with Crippen LogP contribution in [0.4, 0.5) is 0 Å². The van der Waals surface area contributed by atoms with E-state index in [0.29, 0.717) is 5.92 Å². The molecule has 1 aromatic rings. The Hall–Kier alpha value is -0.870. The van der Waals surface area contributed by atoms with E-state index in [-0.39, 0.29) is 5.91 Å². The number of hydrogen-bond acceptors (Lipinski definition) is 2. The normalized spacial score (nSPS) is 16.0. The summed E-state index contributed by atoms with van der Waals surface area (Å²) in [5.74, 6) is 0.798. The minimum Gasteiger partial charge on any atom is -0.338 e. The molecule has 2 rings (SSSR count). The van der Waals surface area contributed by atoms with E-state index in [1.54, 1.807) is 0 Å². The van der Waals surface area contributed by atoms with E-state index < -0.39 is 0 Å². The number of nitrogens with zero attached hydrogens (tertiary/aromatic N) is 1. The molecule has 1 aliphatic rings. The van der Waals surface area contributed by atoms with Gasteiger partial charge in [-0.15, -0.1) is 0 Å². The Morgan fingerprint density at radius 2 is 2.10 bits per heavy atom. The first-order valence-corrected chi connectivity index (χ1v) is 8.67. The van der Waals surface area contributed by atoms with Gasteiger partial charge in [0.2, 0.25) is 0 Å². The second-order valence-corrected chi connectivity index (χ2v) is 6.76. The molecule has 0 spiro atoms. The average Bonchev–Trinajstić information content (AvgIpc) is 2.50. The lowest BCUT2D eigenvalue weighted by Gasteiger charge is -2.30. The van der Waals surface area contributed by atoms with Crippen molar-refractivity contribution < 1.29 is 4.79 Å². The van der Waals surface area contributed by atoms with Crippen LogP contribution in [0.3, 0.4) is 0 Å². The third kappa shape index (κ3) is 4.55. The lowest BCUT2D eigenvalue weighted by atomic mass is 9.97. The number of piperidine rings is 1. The van der Waals surface area contributed by atoms with Crippen molar-refractivity contribution in [2.24, 2.45) is 5.92 Å². The SMILES string of the molecule is CCCN(CC1CCNCC1)C(=O)c1ccc(C)c(Br)c1. The molecule has 116 valence electrons. The average molecular weight is 353 g/mol. The molecular formula is C17H25BrN2O. The number of carbonyl (C=O) groups is 1. The van der Waals surface area contributed by atoms with Crippen molar-refractivity contribution in [3.63, 3.8) is 0 Å². The van der Waals surface area contributed by atoms with Gasteiger partial charge >= 0.3 is 0 Å². The van der Waals surface area contributed by atoms with Crippen molar-refractivity contribution in [3.05, 3.63) is 33.8 Å². The number of halogens is 1. The van der Waals surface area contributed by atoms with E-state index in [1.165, 1.54) is 12.8 Å². The molecule has 0 bridgehead atoms. The number of benzene rings is 1. The number of carbonyl (C=O) groups excluding carboxylic acids is 1.